The van der Waals surface area contributed by atoms with E-state index >= 15 is 0 Å². The number of likely N-dealkylation sites (tertiary alicyclic amines) is 1. The summed E-state index contributed by atoms with van der Waals surface area (Å²) in [6, 6.07) is 10.2. The van der Waals surface area contributed by atoms with Crippen molar-refractivity contribution < 1.29 is 9.53 Å². The molecule has 6 rings (SSSR count). The van der Waals surface area contributed by atoms with E-state index in [1.165, 1.54) is 6.42 Å². The average Bonchev–Trinajstić information content (AvgIpc) is 3.37. The van der Waals surface area contributed by atoms with Gasteiger partial charge in [-0.1, -0.05) is 37.6 Å². The minimum absolute atomic E-state index is 0.0353. The van der Waals surface area contributed by atoms with Gasteiger partial charge in [0.1, 0.15) is 23.1 Å². The van der Waals surface area contributed by atoms with Crippen LogP contribution >= 0.6 is 11.6 Å². The number of piperidine rings is 1. The van der Waals surface area contributed by atoms with Gasteiger partial charge in [0, 0.05) is 44.1 Å². The molecule has 3 aromatic rings. The summed E-state index contributed by atoms with van der Waals surface area (Å²) in [7, 11) is 1.95. The Hall–Kier alpha value is -2.81. The van der Waals surface area contributed by atoms with Crippen molar-refractivity contribution >= 4 is 23.3 Å². The number of aromatic nitrogens is 4. The summed E-state index contributed by atoms with van der Waals surface area (Å²) in [4.78, 5) is 22.4. The van der Waals surface area contributed by atoms with Crippen LogP contribution in [0.2, 0.25) is 5.15 Å². The molecule has 9 heteroatoms. The number of ether oxygens (including phenoxy) is 1. The van der Waals surface area contributed by atoms with Crippen molar-refractivity contribution in [3.05, 3.63) is 69.9 Å². The summed E-state index contributed by atoms with van der Waals surface area (Å²) < 4.78 is 7.58. The van der Waals surface area contributed by atoms with Crippen LogP contribution in [0.1, 0.15) is 53.1 Å². The third-order valence-corrected chi connectivity index (χ3v) is 8.25. The Labute approximate surface area is 222 Å². The molecule has 3 aliphatic heterocycles. The van der Waals surface area contributed by atoms with E-state index in [1.54, 1.807) is 11.2 Å². The molecule has 0 bridgehead atoms. The fourth-order valence-electron chi connectivity index (χ4n) is 6.25. The summed E-state index contributed by atoms with van der Waals surface area (Å²) in [5.74, 6) is 2.85. The van der Waals surface area contributed by atoms with E-state index in [0.717, 1.165) is 47.7 Å². The summed E-state index contributed by atoms with van der Waals surface area (Å²) >= 11 is 6.46. The molecule has 0 spiro atoms. The van der Waals surface area contributed by atoms with Crippen LogP contribution in [0.5, 0.6) is 0 Å². The van der Waals surface area contributed by atoms with Crippen LogP contribution in [-0.2, 0) is 36.7 Å². The number of amides is 1. The molecule has 1 aromatic carbocycles. The zero-order chi connectivity index (χ0) is 25.7. The van der Waals surface area contributed by atoms with E-state index in [0.29, 0.717) is 49.0 Å². The van der Waals surface area contributed by atoms with Crippen LogP contribution in [0.3, 0.4) is 0 Å². The molecule has 0 radical (unpaired) electrons. The van der Waals surface area contributed by atoms with Gasteiger partial charge in [0.2, 0.25) is 0 Å². The highest BCUT2D eigenvalue weighted by Gasteiger charge is 2.43. The molecule has 2 aromatic heterocycles. The molecule has 1 amide bonds. The lowest BCUT2D eigenvalue weighted by atomic mass is 9.75. The van der Waals surface area contributed by atoms with Gasteiger partial charge in [0.25, 0.3) is 5.91 Å². The van der Waals surface area contributed by atoms with Crippen LogP contribution in [0.15, 0.2) is 36.7 Å². The first kappa shape index (κ1) is 24.5. The van der Waals surface area contributed by atoms with Crippen LogP contribution in [0, 0.1) is 11.8 Å². The Morgan fingerprint density at radius 3 is 2.59 bits per heavy atom. The minimum Gasteiger partial charge on any atom is -0.379 e. The van der Waals surface area contributed by atoms with Gasteiger partial charge in [-0.25, -0.2) is 4.98 Å². The number of carbonyl (C=O) groups is 1. The number of halogens is 1. The van der Waals surface area contributed by atoms with Crippen LogP contribution in [0.4, 0.5) is 5.82 Å². The second kappa shape index (κ2) is 9.49. The minimum atomic E-state index is -0.201. The van der Waals surface area contributed by atoms with Crippen LogP contribution in [0.25, 0.3) is 0 Å². The van der Waals surface area contributed by atoms with Crippen molar-refractivity contribution in [1.82, 2.24) is 24.6 Å². The van der Waals surface area contributed by atoms with E-state index in [4.69, 9.17) is 16.3 Å². The second-order valence-corrected chi connectivity index (χ2v) is 11.8. The number of fused-ring (bicyclic) bond motifs is 1. The monoisotopic (exact) mass is 520 g/mol. The van der Waals surface area contributed by atoms with Gasteiger partial charge < -0.3 is 9.30 Å². The first-order valence-electron chi connectivity index (χ1n) is 13.0. The van der Waals surface area contributed by atoms with Crippen molar-refractivity contribution in [3.63, 3.8) is 0 Å². The van der Waals surface area contributed by atoms with E-state index in [1.807, 2.05) is 29.8 Å². The number of benzene rings is 1. The first-order chi connectivity index (χ1) is 17.8. The van der Waals surface area contributed by atoms with Crippen molar-refractivity contribution in [3.8, 4) is 0 Å². The highest BCUT2D eigenvalue weighted by atomic mass is 35.5. The average molecular weight is 521 g/mol. The summed E-state index contributed by atoms with van der Waals surface area (Å²) in [5, 5.41) is 8.71. The SMILES string of the molecule is C[C@H]1C[C@H](C)CN(Cc2cc(Cl)nc(N3Cc4ccc(C5(Cc6nncn6C)COC5)cc4C3=O)c2)C1. The van der Waals surface area contributed by atoms with Gasteiger partial charge >= 0.3 is 0 Å². The molecule has 0 unspecified atom stereocenters. The molecule has 2 saturated heterocycles. The Morgan fingerprint density at radius 2 is 1.92 bits per heavy atom. The summed E-state index contributed by atoms with van der Waals surface area (Å²) in [6.45, 7) is 9.29. The predicted octanol–water partition coefficient (Wildman–Crippen LogP) is 4.01. The molecule has 0 N–H and O–H groups in total. The molecular weight excluding hydrogens is 488 g/mol. The van der Waals surface area contributed by atoms with Gasteiger partial charge in [-0.2, -0.15) is 0 Å². The van der Waals surface area contributed by atoms with Crippen LogP contribution < -0.4 is 4.90 Å². The fourth-order valence-corrected chi connectivity index (χ4v) is 6.48. The molecule has 0 saturated carbocycles. The van der Waals surface area contributed by atoms with Gasteiger partial charge in [-0.15, -0.1) is 10.2 Å². The molecule has 194 valence electrons. The topological polar surface area (TPSA) is 76.4 Å². The highest BCUT2D eigenvalue weighted by molar-refractivity contribution is 6.29. The largest absolute Gasteiger partial charge is 0.379 e. The molecule has 5 heterocycles. The number of anilines is 1. The smallest absolute Gasteiger partial charge is 0.260 e. The van der Waals surface area contributed by atoms with Crippen LogP contribution in [-0.4, -0.2) is 56.9 Å². The molecular formula is C28H33ClN6O2. The van der Waals surface area contributed by atoms with E-state index in [9.17, 15) is 4.79 Å². The maximum atomic E-state index is 13.6. The van der Waals surface area contributed by atoms with Crippen molar-refractivity contribution in [1.29, 1.82) is 0 Å². The standard InChI is InChI=1S/C28H33ClN6O2/c1-18-6-19(2)12-34(11-18)13-20-7-24(29)31-25(8-20)35-14-21-4-5-22(9-23(21)27(35)36)28(15-37-16-28)10-26-32-30-17-33(26)3/h4-5,7-9,17-19H,6,10-16H2,1-3H3/t18-,19-/m0/s1. The van der Waals surface area contributed by atoms with Gasteiger partial charge in [0.05, 0.1) is 19.8 Å². The second-order valence-electron chi connectivity index (χ2n) is 11.4. The quantitative estimate of drug-likeness (QED) is 0.457. The Kier molecular flexibility index (Phi) is 6.29. The number of hydrogen-bond donors (Lipinski definition) is 0. The Morgan fingerprint density at radius 1 is 1.14 bits per heavy atom. The van der Waals surface area contributed by atoms with Crippen molar-refractivity contribution in [2.45, 2.75) is 45.2 Å². The zero-order valence-electron chi connectivity index (χ0n) is 21.7. The van der Waals surface area contributed by atoms with Gasteiger partial charge in [-0.3, -0.25) is 14.6 Å². The lowest BCUT2D eigenvalue weighted by molar-refractivity contribution is -0.0611. The lowest BCUT2D eigenvalue weighted by Crippen LogP contribution is -2.49. The lowest BCUT2D eigenvalue weighted by Gasteiger charge is -2.41. The number of aryl methyl sites for hydroxylation is 1. The molecule has 8 nitrogen and oxygen atoms in total. The van der Waals surface area contributed by atoms with E-state index in [2.05, 4.69) is 46.1 Å². The normalized spacial score (nSPS) is 23.2. The van der Waals surface area contributed by atoms with Gasteiger partial charge in [0.15, 0.2) is 0 Å². The number of hydrogen-bond acceptors (Lipinski definition) is 6. The molecule has 2 atom stereocenters. The number of nitrogens with zero attached hydrogens (tertiary/aromatic N) is 6. The summed E-state index contributed by atoms with van der Waals surface area (Å²) in [6.07, 6.45) is 3.70. The fraction of sp³-hybridized carbons (Fsp3) is 0.500. The third-order valence-electron chi connectivity index (χ3n) is 8.05. The molecule has 3 aliphatic rings. The first-order valence-corrected chi connectivity index (χ1v) is 13.4. The van der Waals surface area contributed by atoms with E-state index in [-0.39, 0.29) is 11.3 Å². The van der Waals surface area contributed by atoms with Crippen molar-refractivity contribution in [2.24, 2.45) is 18.9 Å². The number of pyridine rings is 1. The molecule has 37 heavy (non-hydrogen) atoms. The third kappa shape index (κ3) is 4.67. The zero-order valence-corrected chi connectivity index (χ0v) is 22.4. The van der Waals surface area contributed by atoms with Crippen molar-refractivity contribution in [2.75, 3.05) is 31.2 Å². The maximum Gasteiger partial charge on any atom is 0.260 e. The highest BCUT2D eigenvalue weighted by Crippen LogP contribution is 2.38. The molecule has 0 aliphatic carbocycles. The number of carbonyl (C=O) groups excluding carboxylic acids is 1. The number of rotatable bonds is 6. The Bertz CT molecular complexity index is 1330. The van der Waals surface area contributed by atoms with E-state index < -0.39 is 0 Å². The van der Waals surface area contributed by atoms with Gasteiger partial charge in [-0.05, 0) is 53.1 Å². The molecule has 2 fully saturated rings. The Balaban J connectivity index is 1.24. The predicted molar refractivity (Wildman–Crippen MR) is 142 cm³/mol. The summed E-state index contributed by atoms with van der Waals surface area (Å²) in [5.41, 5.74) is 3.72. The maximum absolute atomic E-state index is 13.6.